The molecule has 1 aromatic rings. The highest BCUT2D eigenvalue weighted by atomic mass is 32.2. The fourth-order valence-corrected chi connectivity index (χ4v) is 4.94. The second-order valence-electron chi connectivity index (χ2n) is 4.44. The van der Waals surface area contributed by atoms with Crippen LogP contribution >= 0.6 is 23.5 Å². The van der Waals surface area contributed by atoms with Crippen molar-refractivity contribution in [3.8, 4) is 0 Å². The van der Waals surface area contributed by atoms with E-state index in [-0.39, 0.29) is 11.6 Å². The standard InChI is InChI=1S/C14H16O2S2/c1-11(15)14(9-17-7-8-18-10-14)13(16)12-5-3-2-4-6-12/h2-6H,7-10H2,1H3. The summed E-state index contributed by atoms with van der Waals surface area (Å²) in [5.41, 5.74) is -0.177. The number of benzene rings is 1. The number of carbonyl (C=O) groups is 2. The van der Waals surface area contributed by atoms with Gasteiger partial charge in [0.05, 0.1) is 0 Å². The predicted octanol–water partition coefficient (Wildman–Crippen LogP) is 2.92. The highest BCUT2D eigenvalue weighted by Crippen LogP contribution is 2.35. The molecule has 96 valence electrons. The van der Waals surface area contributed by atoms with Crippen LogP contribution < -0.4 is 0 Å². The van der Waals surface area contributed by atoms with Crippen molar-refractivity contribution in [1.82, 2.24) is 0 Å². The van der Waals surface area contributed by atoms with E-state index in [0.29, 0.717) is 17.1 Å². The largest absolute Gasteiger partial charge is 0.299 e. The van der Waals surface area contributed by atoms with Crippen LogP contribution in [-0.2, 0) is 4.79 Å². The number of hydrogen-bond donors (Lipinski definition) is 0. The van der Waals surface area contributed by atoms with E-state index in [9.17, 15) is 9.59 Å². The summed E-state index contributed by atoms with van der Waals surface area (Å²) in [6, 6.07) is 9.17. The molecule has 0 radical (unpaired) electrons. The Morgan fingerprint density at radius 1 is 1.06 bits per heavy atom. The van der Waals surface area contributed by atoms with Gasteiger partial charge < -0.3 is 0 Å². The SMILES string of the molecule is CC(=O)C1(C(=O)c2ccccc2)CSCCSC1. The van der Waals surface area contributed by atoms with Crippen LogP contribution in [0.5, 0.6) is 0 Å². The Kier molecular flexibility index (Phi) is 4.51. The van der Waals surface area contributed by atoms with E-state index in [2.05, 4.69) is 0 Å². The molecule has 1 aliphatic rings. The molecule has 0 saturated carbocycles. The zero-order valence-corrected chi connectivity index (χ0v) is 12.0. The third kappa shape index (κ3) is 2.64. The van der Waals surface area contributed by atoms with Crippen molar-refractivity contribution < 1.29 is 9.59 Å². The summed E-state index contributed by atoms with van der Waals surface area (Å²) in [6.45, 7) is 1.55. The zero-order valence-electron chi connectivity index (χ0n) is 10.3. The van der Waals surface area contributed by atoms with Gasteiger partial charge in [0.2, 0.25) is 0 Å². The fourth-order valence-electron chi connectivity index (χ4n) is 2.01. The van der Waals surface area contributed by atoms with Crippen LogP contribution in [0.4, 0.5) is 0 Å². The molecule has 1 saturated heterocycles. The molecule has 1 fully saturated rings. The molecule has 0 amide bonds. The average molecular weight is 280 g/mol. The topological polar surface area (TPSA) is 34.1 Å². The zero-order chi connectivity index (χ0) is 13.0. The molecular weight excluding hydrogens is 264 g/mol. The summed E-state index contributed by atoms with van der Waals surface area (Å²) in [6.07, 6.45) is 0. The smallest absolute Gasteiger partial charge is 0.178 e. The maximum atomic E-state index is 12.7. The Labute approximate surface area is 116 Å². The van der Waals surface area contributed by atoms with E-state index >= 15 is 0 Å². The van der Waals surface area contributed by atoms with Crippen molar-refractivity contribution in [2.24, 2.45) is 5.41 Å². The quantitative estimate of drug-likeness (QED) is 0.630. The Morgan fingerprint density at radius 3 is 2.11 bits per heavy atom. The lowest BCUT2D eigenvalue weighted by Crippen LogP contribution is -2.42. The van der Waals surface area contributed by atoms with Crippen LogP contribution in [0.1, 0.15) is 17.3 Å². The van der Waals surface area contributed by atoms with Crippen molar-refractivity contribution in [2.45, 2.75) is 6.92 Å². The second kappa shape index (κ2) is 5.93. The molecule has 4 heteroatoms. The van der Waals surface area contributed by atoms with Gasteiger partial charge in [-0.15, -0.1) is 0 Å². The third-order valence-electron chi connectivity index (χ3n) is 3.21. The normalized spacial score (nSPS) is 18.9. The Bertz CT molecular complexity index is 434. The monoisotopic (exact) mass is 280 g/mol. The van der Waals surface area contributed by atoms with E-state index in [4.69, 9.17) is 0 Å². The Hall–Kier alpha value is -0.740. The number of rotatable bonds is 3. The summed E-state index contributed by atoms with van der Waals surface area (Å²) in [7, 11) is 0. The Morgan fingerprint density at radius 2 is 1.61 bits per heavy atom. The third-order valence-corrected chi connectivity index (χ3v) is 5.85. The number of Topliss-reactive ketones (excluding diaryl/α,β-unsaturated/α-hetero) is 2. The molecule has 18 heavy (non-hydrogen) atoms. The molecule has 2 rings (SSSR count). The predicted molar refractivity (Wildman–Crippen MR) is 78.5 cm³/mol. The molecular formula is C14H16O2S2. The minimum atomic E-state index is -0.826. The van der Waals surface area contributed by atoms with Crippen LogP contribution in [0.2, 0.25) is 0 Å². The number of ketones is 2. The van der Waals surface area contributed by atoms with Crippen molar-refractivity contribution in [2.75, 3.05) is 23.0 Å². The van der Waals surface area contributed by atoms with E-state index < -0.39 is 5.41 Å². The van der Waals surface area contributed by atoms with Crippen molar-refractivity contribution >= 4 is 35.1 Å². The van der Waals surface area contributed by atoms with E-state index in [1.807, 2.05) is 18.2 Å². The minimum Gasteiger partial charge on any atom is -0.299 e. The summed E-state index contributed by atoms with van der Waals surface area (Å²) in [4.78, 5) is 24.7. The van der Waals surface area contributed by atoms with Crippen molar-refractivity contribution in [3.63, 3.8) is 0 Å². The molecule has 0 unspecified atom stereocenters. The molecule has 0 atom stereocenters. The summed E-state index contributed by atoms with van der Waals surface area (Å²) < 4.78 is 0. The maximum Gasteiger partial charge on any atom is 0.178 e. The van der Waals surface area contributed by atoms with Crippen LogP contribution in [-0.4, -0.2) is 34.6 Å². The average Bonchev–Trinajstić information content (AvgIpc) is 2.65. The van der Waals surface area contributed by atoms with E-state index in [1.54, 1.807) is 42.6 Å². The van der Waals surface area contributed by atoms with Crippen LogP contribution in [0.25, 0.3) is 0 Å². The van der Waals surface area contributed by atoms with Gasteiger partial charge in [-0.05, 0) is 6.92 Å². The summed E-state index contributed by atoms with van der Waals surface area (Å²) >= 11 is 3.42. The molecule has 0 aliphatic carbocycles. The molecule has 0 aromatic heterocycles. The first-order chi connectivity index (χ1) is 8.67. The number of hydrogen-bond acceptors (Lipinski definition) is 4. The van der Waals surface area contributed by atoms with Gasteiger partial charge in [0.1, 0.15) is 11.2 Å². The number of thioether (sulfide) groups is 2. The van der Waals surface area contributed by atoms with Gasteiger partial charge >= 0.3 is 0 Å². The first-order valence-corrected chi connectivity index (χ1v) is 8.24. The first kappa shape index (κ1) is 13.7. The second-order valence-corrected chi connectivity index (χ2v) is 6.65. The van der Waals surface area contributed by atoms with Crippen molar-refractivity contribution in [1.29, 1.82) is 0 Å². The summed E-state index contributed by atoms with van der Waals surface area (Å²) in [5, 5.41) is 0. The van der Waals surface area contributed by atoms with Crippen molar-refractivity contribution in [3.05, 3.63) is 35.9 Å². The molecule has 1 aromatic carbocycles. The lowest BCUT2D eigenvalue weighted by molar-refractivity contribution is -0.122. The first-order valence-electron chi connectivity index (χ1n) is 5.93. The molecule has 0 spiro atoms. The highest BCUT2D eigenvalue weighted by Gasteiger charge is 2.44. The van der Waals surface area contributed by atoms with Gasteiger partial charge in [-0.1, -0.05) is 30.3 Å². The number of carbonyl (C=O) groups excluding carboxylic acids is 2. The highest BCUT2D eigenvalue weighted by molar-refractivity contribution is 8.03. The molecule has 0 N–H and O–H groups in total. The Balaban J connectivity index is 2.35. The van der Waals surface area contributed by atoms with Gasteiger partial charge in [0, 0.05) is 28.6 Å². The molecule has 0 bridgehead atoms. The van der Waals surface area contributed by atoms with Crippen LogP contribution in [0.3, 0.4) is 0 Å². The maximum absolute atomic E-state index is 12.7. The van der Waals surface area contributed by atoms with Gasteiger partial charge in [-0.25, -0.2) is 0 Å². The molecule has 1 aliphatic heterocycles. The van der Waals surface area contributed by atoms with Crippen LogP contribution in [0, 0.1) is 5.41 Å². The lowest BCUT2D eigenvalue weighted by Gasteiger charge is -2.27. The van der Waals surface area contributed by atoms with Crippen LogP contribution in [0.15, 0.2) is 30.3 Å². The lowest BCUT2D eigenvalue weighted by atomic mass is 9.80. The van der Waals surface area contributed by atoms with E-state index in [0.717, 1.165) is 11.5 Å². The van der Waals surface area contributed by atoms with Gasteiger partial charge in [-0.3, -0.25) is 9.59 Å². The minimum absolute atomic E-state index is 0.00162. The van der Waals surface area contributed by atoms with Gasteiger partial charge in [0.25, 0.3) is 0 Å². The molecule has 1 heterocycles. The van der Waals surface area contributed by atoms with E-state index in [1.165, 1.54) is 0 Å². The fraction of sp³-hybridized carbons (Fsp3) is 0.429. The molecule has 2 nitrogen and oxygen atoms in total. The van der Waals surface area contributed by atoms with Gasteiger partial charge in [-0.2, -0.15) is 23.5 Å². The van der Waals surface area contributed by atoms with Gasteiger partial charge in [0.15, 0.2) is 5.78 Å². The summed E-state index contributed by atoms with van der Waals surface area (Å²) in [5.74, 6) is 3.24.